The van der Waals surface area contributed by atoms with Crippen molar-refractivity contribution in [2.75, 3.05) is 5.32 Å². The molecule has 2 heterocycles. The number of rotatable bonds is 2. The highest BCUT2D eigenvalue weighted by Crippen LogP contribution is 2.22. The Hall–Kier alpha value is -3.94. The average Bonchev–Trinajstić information content (AvgIpc) is 3.09. The predicted octanol–water partition coefficient (Wildman–Crippen LogP) is 4.49. The van der Waals surface area contributed by atoms with Crippen LogP contribution in [0.4, 0.5) is 10.5 Å². The summed E-state index contributed by atoms with van der Waals surface area (Å²) in [5, 5.41) is 3.58. The molecule has 1 amide bonds. The van der Waals surface area contributed by atoms with Crippen molar-refractivity contribution in [3.63, 3.8) is 0 Å². The molecular formula is C23H21N3O5. The summed E-state index contributed by atoms with van der Waals surface area (Å²) in [4.78, 5) is 41.1. The van der Waals surface area contributed by atoms with Gasteiger partial charge in [0.2, 0.25) is 0 Å². The maximum absolute atomic E-state index is 12.8. The molecule has 2 aromatic carbocycles. The van der Waals surface area contributed by atoms with Crippen LogP contribution in [-0.2, 0) is 4.74 Å². The van der Waals surface area contributed by atoms with Crippen molar-refractivity contribution in [2.45, 2.75) is 33.3 Å². The molecule has 0 radical (unpaired) electrons. The number of amides is 1. The number of benzene rings is 2. The van der Waals surface area contributed by atoms with Crippen LogP contribution >= 0.6 is 0 Å². The molecule has 158 valence electrons. The minimum absolute atomic E-state index is 0.337. The zero-order chi connectivity index (χ0) is 22.3. The van der Waals surface area contributed by atoms with E-state index in [1.807, 2.05) is 6.92 Å². The second-order valence-corrected chi connectivity index (χ2v) is 8.21. The lowest BCUT2D eigenvalue weighted by Gasteiger charge is -2.19. The molecule has 31 heavy (non-hydrogen) atoms. The highest BCUT2D eigenvalue weighted by atomic mass is 16.6. The Morgan fingerprint density at radius 1 is 1.10 bits per heavy atom. The van der Waals surface area contributed by atoms with E-state index in [9.17, 15) is 14.4 Å². The number of hydrogen-bond donors (Lipinski definition) is 1. The van der Waals surface area contributed by atoms with E-state index in [0.29, 0.717) is 27.9 Å². The molecule has 0 bridgehead atoms. The van der Waals surface area contributed by atoms with E-state index in [4.69, 9.17) is 9.15 Å². The van der Waals surface area contributed by atoms with E-state index < -0.39 is 17.3 Å². The number of hydrogen-bond acceptors (Lipinski definition) is 6. The van der Waals surface area contributed by atoms with Gasteiger partial charge in [-0.15, -0.1) is 0 Å². The van der Waals surface area contributed by atoms with Gasteiger partial charge in [0.05, 0.1) is 11.0 Å². The lowest BCUT2D eigenvalue weighted by atomic mass is 10.1. The molecule has 1 N–H and O–H groups in total. The average molecular weight is 419 g/mol. The Kier molecular flexibility index (Phi) is 4.85. The number of carbonyl (C=O) groups is 2. The molecule has 0 saturated heterocycles. The van der Waals surface area contributed by atoms with E-state index in [1.165, 1.54) is 17.0 Å². The second kappa shape index (κ2) is 7.39. The van der Waals surface area contributed by atoms with Crippen molar-refractivity contribution in [1.29, 1.82) is 0 Å². The Morgan fingerprint density at radius 2 is 1.87 bits per heavy atom. The number of anilines is 1. The number of nitrogens with one attached hydrogen (secondary N) is 1. The number of imidazole rings is 1. The Balaban J connectivity index is 1.63. The van der Waals surface area contributed by atoms with Crippen molar-refractivity contribution in [3.05, 3.63) is 70.3 Å². The van der Waals surface area contributed by atoms with Crippen molar-refractivity contribution < 1.29 is 18.7 Å². The van der Waals surface area contributed by atoms with Crippen LogP contribution in [0.15, 0.2) is 58.0 Å². The third-order valence-corrected chi connectivity index (χ3v) is 4.61. The number of aromatic nitrogens is 2. The van der Waals surface area contributed by atoms with Crippen molar-refractivity contribution in [1.82, 2.24) is 9.55 Å². The van der Waals surface area contributed by atoms with Gasteiger partial charge in [-0.05, 0) is 63.6 Å². The first kappa shape index (κ1) is 20.3. The highest BCUT2D eigenvalue weighted by molar-refractivity contribution is 6.07. The fraction of sp³-hybridized carbons (Fsp3) is 0.217. The third-order valence-electron chi connectivity index (χ3n) is 4.61. The SMILES string of the molecule is Cc1cc(=O)oc2cc(NC(=O)c3ccc4ncn(C(=O)OC(C)(C)C)c4c3)ccc12. The topological polar surface area (TPSA) is 103 Å². The van der Waals surface area contributed by atoms with Gasteiger partial charge >= 0.3 is 11.7 Å². The number of aryl methyl sites for hydroxylation is 1. The maximum Gasteiger partial charge on any atom is 0.420 e. The summed E-state index contributed by atoms with van der Waals surface area (Å²) in [7, 11) is 0. The number of fused-ring (bicyclic) bond motifs is 2. The summed E-state index contributed by atoms with van der Waals surface area (Å²) in [6, 6.07) is 11.4. The van der Waals surface area contributed by atoms with Crippen LogP contribution in [0.1, 0.15) is 36.7 Å². The van der Waals surface area contributed by atoms with Crippen LogP contribution in [0.3, 0.4) is 0 Å². The molecule has 0 atom stereocenters. The van der Waals surface area contributed by atoms with Crippen LogP contribution in [-0.4, -0.2) is 27.2 Å². The van der Waals surface area contributed by atoms with Gasteiger partial charge in [0.15, 0.2) is 0 Å². The van der Waals surface area contributed by atoms with Gasteiger partial charge in [-0.1, -0.05) is 0 Å². The normalized spacial score (nSPS) is 11.6. The fourth-order valence-corrected chi connectivity index (χ4v) is 3.21. The molecule has 8 heteroatoms. The van der Waals surface area contributed by atoms with Crippen LogP contribution in [0, 0.1) is 6.92 Å². The Bertz CT molecular complexity index is 1390. The number of ether oxygens (including phenoxy) is 1. The van der Waals surface area contributed by atoms with Crippen LogP contribution in [0.2, 0.25) is 0 Å². The fourth-order valence-electron chi connectivity index (χ4n) is 3.21. The maximum atomic E-state index is 12.8. The molecule has 0 aliphatic rings. The monoisotopic (exact) mass is 419 g/mol. The molecule has 0 spiro atoms. The highest BCUT2D eigenvalue weighted by Gasteiger charge is 2.20. The molecule has 2 aromatic heterocycles. The van der Waals surface area contributed by atoms with Crippen molar-refractivity contribution >= 4 is 39.7 Å². The Morgan fingerprint density at radius 3 is 2.61 bits per heavy atom. The minimum Gasteiger partial charge on any atom is -0.443 e. The van der Waals surface area contributed by atoms with Gasteiger partial charge in [-0.2, -0.15) is 0 Å². The predicted molar refractivity (Wildman–Crippen MR) is 117 cm³/mol. The molecule has 0 unspecified atom stereocenters. The lowest BCUT2D eigenvalue weighted by Crippen LogP contribution is -2.26. The molecule has 0 aliphatic carbocycles. The van der Waals surface area contributed by atoms with Gasteiger partial charge in [0, 0.05) is 28.8 Å². The Labute approximate surface area is 177 Å². The van der Waals surface area contributed by atoms with Crippen molar-refractivity contribution in [2.24, 2.45) is 0 Å². The van der Waals surface area contributed by atoms with Crippen LogP contribution in [0.5, 0.6) is 0 Å². The molecule has 0 fully saturated rings. The van der Waals surface area contributed by atoms with E-state index in [-0.39, 0.29) is 5.91 Å². The van der Waals surface area contributed by atoms with Crippen molar-refractivity contribution in [3.8, 4) is 0 Å². The largest absolute Gasteiger partial charge is 0.443 e. The summed E-state index contributed by atoms with van der Waals surface area (Å²) in [6.45, 7) is 7.14. The van der Waals surface area contributed by atoms with E-state index in [2.05, 4.69) is 10.3 Å². The smallest absolute Gasteiger partial charge is 0.420 e. The first-order valence-electron chi connectivity index (χ1n) is 9.67. The van der Waals surface area contributed by atoms with Gasteiger partial charge in [0.25, 0.3) is 5.91 Å². The third kappa shape index (κ3) is 4.18. The summed E-state index contributed by atoms with van der Waals surface area (Å²) in [5.74, 6) is -0.381. The number of carbonyl (C=O) groups excluding carboxylic acids is 2. The molecule has 8 nitrogen and oxygen atoms in total. The van der Waals surface area contributed by atoms with Crippen LogP contribution < -0.4 is 10.9 Å². The summed E-state index contributed by atoms with van der Waals surface area (Å²) < 4.78 is 11.9. The summed E-state index contributed by atoms with van der Waals surface area (Å²) >= 11 is 0. The van der Waals surface area contributed by atoms with E-state index >= 15 is 0 Å². The zero-order valence-electron chi connectivity index (χ0n) is 17.6. The van der Waals surface area contributed by atoms with Gasteiger partial charge in [0.1, 0.15) is 17.5 Å². The van der Waals surface area contributed by atoms with Crippen LogP contribution in [0.25, 0.3) is 22.0 Å². The minimum atomic E-state index is -0.661. The lowest BCUT2D eigenvalue weighted by molar-refractivity contribution is 0.0543. The first-order valence-corrected chi connectivity index (χ1v) is 9.67. The number of nitrogens with zero attached hydrogens (tertiary/aromatic N) is 2. The molecule has 4 aromatic rings. The second-order valence-electron chi connectivity index (χ2n) is 8.21. The van der Waals surface area contributed by atoms with Gasteiger partial charge < -0.3 is 14.5 Å². The van der Waals surface area contributed by atoms with E-state index in [1.54, 1.807) is 57.2 Å². The van der Waals surface area contributed by atoms with Gasteiger partial charge in [-0.3, -0.25) is 4.79 Å². The summed E-state index contributed by atoms with van der Waals surface area (Å²) in [6.07, 6.45) is 0.793. The molecule has 0 aliphatic heterocycles. The quantitative estimate of drug-likeness (QED) is 0.480. The summed E-state index contributed by atoms with van der Waals surface area (Å²) in [5.41, 5.74) is 1.91. The molecular weight excluding hydrogens is 398 g/mol. The van der Waals surface area contributed by atoms with Gasteiger partial charge in [-0.25, -0.2) is 19.1 Å². The molecule has 0 saturated carbocycles. The standard InChI is InChI=1S/C23H21N3O5/c1-13-9-20(27)30-19-11-15(6-7-16(13)19)25-21(28)14-5-8-17-18(10-14)26(12-24-17)22(29)31-23(2,3)4/h5-12H,1-4H3,(H,25,28). The molecule has 4 rings (SSSR count). The zero-order valence-corrected chi connectivity index (χ0v) is 17.6. The first-order chi connectivity index (χ1) is 14.6. The van der Waals surface area contributed by atoms with E-state index in [0.717, 1.165) is 10.9 Å².